The normalized spacial score (nSPS) is 10.2. The molecule has 1 heterocycles. The molecule has 2 aromatic rings. The van der Waals surface area contributed by atoms with Crippen LogP contribution in [-0.4, -0.2) is 16.0 Å². The van der Waals surface area contributed by atoms with Crippen LogP contribution in [0.5, 0.6) is 0 Å². The summed E-state index contributed by atoms with van der Waals surface area (Å²) < 4.78 is 0.621. The van der Waals surface area contributed by atoms with Gasteiger partial charge in [-0.05, 0) is 24.3 Å². The third kappa shape index (κ3) is 3.06. The number of carbonyl (C=O) groups is 1. The number of nitro groups is 1. The summed E-state index contributed by atoms with van der Waals surface area (Å²) >= 11 is 7.14. The number of aromatic carboxylic acids is 1. The smallest absolute Gasteiger partial charge is 0.342 e. The maximum Gasteiger partial charge on any atom is 0.342 e. The summed E-state index contributed by atoms with van der Waals surface area (Å²) in [4.78, 5) is 22.2. The van der Waals surface area contributed by atoms with Gasteiger partial charge in [-0.3, -0.25) is 10.1 Å². The molecule has 0 saturated heterocycles. The van der Waals surface area contributed by atoms with Crippen LogP contribution in [0.3, 0.4) is 0 Å². The summed E-state index contributed by atoms with van der Waals surface area (Å²) in [5, 5.41) is 22.9. The van der Waals surface area contributed by atoms with Crippen molar-refractivity contribution in [3.05, 3.63) is 55.2 Å². The summed E-state index contributed by atoms with van der Waals surface area (Å²) in [5.74, 6) is -1.33. The maximum absolute atomic E-state index is 11.0. The third-order valence-electron chi connectivity index (χ3n) is 2.53. The van der Waals surface area contributed by atoms with E-state index in [0.717, 1.165) is 4.88 Å². The van der Waals surface area contributed by atoms with E-state index in [2.05, 4.69) is 5.32 Å². The van der Waals surface area contributed by atoms with Gasteiger partial charge in [-0.1, -0.05) is 17.7 Å². The molecule has 1 aromatic heterocycles. The minimum atomic E-state index is -1.33. The summed E-state index contributed by atoms with van der Waals surface area (Å²) in [7, 11) is 0. The summed E-state index contributed by atoms with van der Waals surface area (Å²) in [5.41, 5.74) is -0.619. The molecule has 2 rings (SSSR count). The first-order chi connectivity index (χ1) is 9.49. The Balaban J connectivity index is 2.29. The average molecular weight is 313 g/mol. The van der Waals surface area contributed by atoms with Crippen LogP contribution in [0.2, 0.25) is 4.34 Å². The molecule has 0 fully saturated rings. The molecule has 6 nitrogen and oxygen atoms in total. The largest absolute Gasteiger partial charge is 0.477 e. The number of carboxylic acids is 1. The summed E-state index contributed by atoms with van der Waals surface area (Å²) in [6, 6.07) is 7.66. The number of para-hydroxylation sites is 1. The van der Waals surface area contributed by atoms with Crippen LogP contribution in [-0.2, 0) is 6.54 Å². The molecule has 0 aliphatic carbocycles. The molecule has 0 atom stereocenters. The lowest BCUT2D eigenvalue weighted by Gasteiger charge is -2.07. The van der Waals surface area contributed by atoms with E-state index in [-0.39, 0.29) is 11.3 Å². The van der Waals surface area contributed by atoms with Crippen LogP contribution in [0.25, 0.3) is 0 Å². The van der Waals surface area contributed by atoms with E-state index in [9.17, 15) is 14.9 Å². The van der Waals surface area contributed by atoms with Crippen LogP contribution in [0.4, 0.5) is 11.4 Å². The average Bonchev–Trinajstić information content (AvgIpc) is 2.81. The van der Waals surface area contributed by atoms with Crippen molar-refractivity contribution in [1.82, 2.24) is 0 Å². The Labute approximate surface area is 122 Å². The highest BCUT2D eigenvalue weighted by atomic mass is 35.5. The molecule has 2 N–H and O–H groups in total. The Morgan fingerprint density at radius 3 is 2.70 bits per heavy atom. The van der Waals surface area contributed by atoms with Gasteiger partial charge in [0, 0.05) is 11.4 Å². The van der Waals surface area contributed by atoms with Crippen LogP contribution in [0.15, 0.2) is 30.3 Å². The third-order valence-corrected chi connectivity index (χ3v) is 3.76. The number of nitrogens with one attached hydrogen (secondary N) is 1. The first-order valence-electron chi connectivity index (χ1n) is 5.48. The SMILES string of the molecule is O=C(O)c1cccc(NCc2ccc(Cl)s2)c1[N+](=O)[O-]. The van der Waals surface area contributed by atoms with Gasteiger partial charge in [0.1, 0.15) is 11.3 Å². The zero-order valence-electron chi connectivity index (χ0n) is 10.00. The molecule has 0 unspecified atom stereocenters. The summed E-state index contributed by atoms with van der Waals surface area (Å²) in [6.45, 7) is 0.335. The van der Waals surface area contributed by atoms with Gasteiger partial charge in [0.25, 0.3) is 0 Å². The van der Waals surface area contributed by atoms with Gasteiger partial charge in [0.05, 0.1) is 9.26 Å². The molecular formula is C12H9ClN2O4S. The maximum atomic E-state index is 11.0. The monoisotopic (exact) mass is 312 g/mol. The van der Waals surface area contributed by atoms with Crippen molar-refractivity contribution in [2.75, 3.05) is 5.32 Å². The Morgan fingerprint density at radius 1 is 1.40 bits per heavy atom. The summed E-state index contributed by atoms with van der Waals surface area (Å²) in [6.07, 6.45) is 0. The predicted molar refractivity (Wildman–Crippen MR) is 76.7 cm³/mol. The van der Waals surface area contributed by atoms with E-state index >= 15 is 0 Å². The van der Waals surface area contributed by atoms with E-state index < -0.39 is 16.6 Å². The Morgan fingerprint density at radius 2 is 2.15 bits per heavy atom. The fourth-order valence-electron chi connectivity index (χ4n) is 1.68. The quantitative estimate of drug-likeness (QED) is 0.649. The second kappa shape index (κ2) is 5.89. The van der Waals surface area contributed by atoms with Crippen LogP contribution in [0, 0.1) is 10.1 Å². The molecular weight excluding hydrogens is 304 g/mol. The number of halogens is 1. The first-order valence-corrected chi connectivity index (χ1v) is 6.67. The van der Waals surface area contributed by atoms with Gasteiger partial charge in [0.15, 0.2) is 0 Å². The fourth-order valence-corrected chi connectivity index (χ4v) is 2.71. The molecule has 1 aromatic carbocycles. The molecule has 0 aliphatic rings. The van der Waals surface area contributed by atoms with Crippen molar-refractivity contribution in [2.45, 2.75) is 6.54 Å². The van der Waals surface area contributed by atoms with E-state index in [4.69, 9.17) is 16.7 Å². The fraction of sp³-hybridized carbons (Fsp3) is 0.0833. The van der Waals surface area contributed by atoms with Crippen LogP contribution < -0.4 is 5.32 Å². The van der Waals surface area contributed by atoms with Crippen molar-refractivity contribution in [2.24, 2.45) is 0 Å². The minimum Gasteiger partial charge on any atom is -0.477 e. The van der Waals surface area contributed by atoms with Crippen LogP contribution in [0.1, 0.15) is 15.2 Å². The molecule has 0 spiro atoms. The minimum absolute atomic E-state index is 0.166. The van der Waals surface area contributed by atoms with Gasteiger partial charge < -0.3 is 10.4 Å². The van der Waals surface area contributed by atoms with Gasteiger partial charge in [-0.25, -0.2) is 4.79 Å². The second-order valence-electron chi connectivity index (χ2n) is 3.82. The van der Waals surface area contributed by atoms with Crippen LogP contribution >= 0.6 is 22.9 Å². The number of nitrogens with zero attached hydrogens (tertiary/aromatic N) is 1. The molecule has 20 heavy (non-hydrogen) atoms. The molecule has 0 saturated carbocycles. The number of thiophene rings is 1. The molecule has 0 aliphatic heterocycles. The van der Waals surface area contributed by atoms with Gasteiger partial charge in [0.2, 0.25) is 0 Å². The van der Waals surface area contributed by atoms with Gasteiger partial charge >= 0.3 is 11.7 Å². The molecule has 0 amide bonds. The van der Waals surface area contributed by atoms with E-state index in [0.29, 0.717) is 10.9 Å². The molecule has 0 radical (unpaired) electrons. The van der Waals surface area contributed by atoms with Gasteiger partial charge in [-0.15, -0.1) is 11.3 Å². The number of nitro benzene ring substituents is 1. The highest BCUT2D eigenvalue weighted by Crippen LogP contribution is 2.30. The molecule has 0 bridgehead atoms. The lowest BCUT2D eigenvalue weighted by atomic mass is 10.1. The van der Waals surface area contributed by atoms with Gasteiger partial charge in [-0.2, -0.15) is 0 Å². The lowest BCUT2D eigenvalue weighted by Crippen LogP contribution is -2.07. The van der Waals surface area contributed by atoms with E-state index in [1.165, 1.54) is 29.5 Å². The predicted octanol–water partition coefficient (Wildman–Crippen LogP) is 3.62. The number of rotatable bonds is 5. The number of benzene rings is 1. The Kier molecular flexibility index (Phi) is 4.21. The Hall–Kier alpha value is -2.12. The topological polar surface area (TPSA) is 92.5 Å². The second-order valence-corrected chi connectivity index (χ2v) is 5.62. The number of hydrogen-bond donors (Lipinski definition) is 2. The zero-order chi connectivity index (χ0) is 14.7. The van der Waals surface area contributed by atoms with E-state index in [1.807, 2.05) is 0 Å². The van der Waals surface area contributed by atoms with Crippen molar-refractivity contribution in [3.63, 3.8) is 0 Å². The zero-order valence-corrected chi connectivity index (χ0v) is 11.6. The molecule has 104 valence electrons. The van der Waals surface area contributed by atoms with Crippen molar-refractivity contribution in [1.29, 1.82) is 0 Å². The van der Waals surface area contributed by atoms with E-state index in [1.54, 1.807) is 12.1 Å². The number of hydrogen-bond acceptors (Lipinski definition) is 5. The van der Waals surface area contributed by atoms with Crippen molar-refractivity contribution < 1.29 is 14.8 Å². The standard InChI is InChI=1S/C12H9ClN2O4S/c13-10-5-4-7(20-10)6-14-9-3-1-2-8(12(16)17)11(9)15(18)19/h1-5,14H,6H2,(H,16,17). The lowest BCUT2D eigenvalue weighted by molar-refractivity contribution is -0.384. The highest BCUT2D eigenvalue weighted by Gasteiger charge is 2.23. The number of anilines is 1. The van der Waals surface area contributed by atoms with Crippen molar-refractivity contribution in [3.8, 4) is 0 Å². The first kappa shape index (κ1) is 14.3. The molecule has 8 heteroatoms. The van der Waals surface area contributed by atoms with Crippen molar-refractivity contribution >= 4 is 40.3 Å². The number of carboxylic acid groups (broad SMARTS) is 1. The highest BCUT2D eigenvalue weighted by molar-refractivity contribution is 7.16. The Bertz CT molecular complexity index is 671.